The molecule has 1 aliphatic heterocycles. The highest BCUT2D eigenvalue weighted by Crippen LogP contribution is 2.37. The fourth-order valence-corrected chi connectivity index (χ4v) is 3.02. The minimum absolute atomic E-state index is 0.00447. The van der Waals surface area contributed by atoms with Crippen LogP contribution in [0.5, 0.6) is 11.5 Å². The van der Waals surface area contributed by atoms with Crippen LogP contribution in [0, 0.1) is 20.8 Å². The van der Waals surface area contributed by atoms with Crippen LogP contribution in [0.4, 0.5) is 0 Å². The molecule has 0 bridgehead atoms. The van der Waals surface area contributed by atoms with Crippen molar-refractivity contribution in [1.82, 2.24) is 4.90 Å². The van der Waals surface area contributed by atoms with Gasteiger partial charge in [0.1, 0.15) is 11.5 Å². The molecule has 6 heteroatoms. The Balaban J connectivity index is 2.08. The van der Waals surface area contributed by atoms with E-state index in [0.29, 0.717) is 48.6 Å². The second kappa shape index (κ2) is 8.10. The molecule has 0 saturated carbocycles. The van der Waals surface area contributed by atoms with Crippen molar-refractivity contribution in [3.8, 4) is 11.5 Å². The normalized spacial score (nSPS) is 17.5. The standard InChI is InChI=1S/C20H29NO5/c1-13-14(2)19(24)16(15(3)18(13)23)5-7-20(4,25)8-6-17(22)21-9-11-26-12-10-21/h5,7,23-25H,6,8-12H2,1-4H3/b7-5+. The summed E-state index contributed by atoms with van der Waals surface area (Å²) in [5.41, 5.74) is 1.08. The number of carbonyl (C=O) groups is 1. The van der Waals surface area contributed by atoms with Crippen LogP contribution >= 0.6 is 0 Å². The van der Waals surface area contributed by atoms with Gasteiger partial charge in [0.05, 0.1) is 18.8 Å². The molecule has 3 N–H and O–H groups in total. The molecule has 0 radical (unpaired) electrons. The molecule has 2 rings (SSSR count). The minimum atomic E-state index is -1.20. The Hall–Kier alpha value is -2.05. The van der Waals surface area contributed by atoms with Crippen molar-refractivity contribution in [3.05, 3.63) is 28.3 Å². The largest absolute Gasteiger partial charge is 0.507 e. The lowest BCUT2D eigenvalue weighted by atomic mass is 9.94. The van der Waals surface area contributed by atoms with Crippen LogP contribution in [-0.4, -0.2) is 58.0 Å². The Morgan fingerprint density at radius 2 is 1.69 bits per heavy atom. The van der Waals surface area contributed by atoms with Crippen LogP contribution in [-0.2, 0) is 9.53 Å². The quantitative estimate of drug-likeness (QED) is 0.699. The molecule has 0 aromatic heterocycles. The Labute approximate surface area is 154 Å². The zero-order valence-electron chi connectivity index (χ0n) is 16.0. The Kier molecular flexibility index (Phi) is 6.31. The first-order valence-corrected chi connectivity index (χ1v) is 8.93. The molecule has 26 heavy (non-hydrogen) atoms. The highest BCUT2D eigenvalue weighted by Gasteiger charge is 2.23. The number of benzene rings is 1. The summed E-state index contributed by atoms with van der Waals surface area (Å²) in [7, 11) is 0. The van der Waals surface area contributed by atoms with E-state index in [4.69, 9.17) is 4.74 Å². The molecule has 1 amide bonds. The number of ether oxygens (including phenoxy) is 1. The first kappa shape index (κ1) is 20.3. The highest BCUT2D eigenvalue weighted by molar-refractivity contribution is 5.76. The lowest BCUT2D eigenvalue weighted by Crippen LogP contribution is -2.41. The Bertz CT molecular complexity index is 674. The van der Waals surface area contributed by atoms with Gasteiger partial charge < -0.3 is 25.0 Å². The van der Waals surface area contributed by atoms with Crippen LogP contribution < -0.4 is 0 Å². The van der Waals surface area contributed by atoms with Gasteiger partial charge in [-0.2, -0.15) is 0 Å². The van der Waals surface area contributed by atoms with Crippen LogP contribution in [0.3, 0.4) is 0 Å². The summed E-state index contributed by atoms with van der Waals surface area (Å²) in [6.45, 7) is 9.12. The van der Waals surface area contributed by atoms with E-state index in [2.05, 4.69) is 0 Å². The van der Waals surface area contributed by atoms with Crippen molar-refractivity contribution in [3.63, 3.8) is 0 Å². The fraction of sp³-hybridized carbons (Fsp3) is 0.550. The predicted octanol–water partition coefficient (Wildman–Crippen LogP) is 2.43. The molecular formula is C20H29NO5. The molecule has 1 saturated heterocycles. The third-order valence-corrected chi connectivity index (χ3v) is 5.11. The van der Waals surface area contributed by atoms with E-state index in [9.17, 15) is 20.1 Å². The van der Waals surface area contributed by atoms with Gasteiger partial charge in [-0.15, -0.1) is 0 Å². The number of hydrogen-bond donors (Lipinski definition) is 3. The van der Waals surface area contributed by atoms with Gasteiger partial charge in [-0.25, -0.2) is 0 Å². The number of nitrogens with zero attached hydrogens (tertiary/aromatic N) is 1. The molecule has 1 fully saturated rings. The van der Waals surface area contributed by atoms with Crippen molar-refractivity contribution < 1.29 is 24.9 Å². The third-order valence-electron chi connectivity index (χ3n) is 5.11. The SMILES string of the molecule is Cc1c(C)c(O)c(/C=C/C(C)(O)CCC(=O)N2CCOCC2)c(C)c1O. The maximum atomic E-state index is 12.2. The second-order valence-electron chi connectivity index (χ2n) is 7.17. The summed E-state index contributed by atoms with van der Waals surface area (Å²) in [6, 6.07) is 0. The molecule has 1 unspecified atom stereocenters. The molecule has 144 valence electrons. The van der Waals surface area contributed by atoms with Gasteiger partial charge in [0.25, 0.3) is 0 Å². The summed E-state index contributed by atoms with van der Waals surface area (Å²) in [4.78, 5) is 14.0. The van der Waals surface area contributed by atoms with Gasteiger partial charge in [0, 0.05) is 30.6 Å². The van der Waals surface area contributed by atoms with Gasteiger partial charge in [0.15, 0.2) is 0 Å². The highest BCUT2D eigenvalue weighted by atomic mass is 16.5. The predicted molar refractivity (Wildman–Crippen MR) is 100 cm³/mol. The summed E-state index contributed by atoms with van der Waals surface area (Å²) >= 11 is 0. The topological polar surface area (TPSA) is 90.2 Å². The maximum absolute atomic E-state index is 12.2. The number of rotatable bonds is 5. The molecule has 1 aromatic carbocycles. The zero-order valence-corrected chi connectivity index (χ0v) is 16.0. The Morgan fingerprint density at radius 1 is 1.12 bits per heavy atom. The molecule has 0 aliphatic carbocycles. The lowest BCUT2D eigenvalue weighted by molar-refractivity contribution is -0.136. The van der Waals surface area contributed by atoms with Crippen molar-refractivity contribution in [2.75, 3.05) is 26.3 Å². The van der Waals surface area contributed by atoms with Gasteiger partial charge in [0.2, 0.25) is 5.91 Å². The molecule has 1 atom stereocenters. The van der Waals surface area contributed by atoms with E-state index >= 15 is 0 Å². The molecular weight excluding hydrogens is 334 g/mol. The van der Waals surface area contributed by atoms with E-state index in [1.54, 1.807) is 44.7 Å². The smallest absolute Gasteiger partial charge is 0.222 e. The van der Waals surface area contributed by atoms with E-state index in [1.807, 2.05) is 0 Å². The van der Waals surface area contributed by atoms with Crippen molar-refractivity contribution in [2.24, 2.45) is 0 Å². The van der Waals surface area contributed by atoms with Crippen LogP contribution in [0.15, 0.2) is 6.08 Å². The van der Waals surface area contributed by atoms with Gasteiger partial charge in [-0.3, -0.25) is 4.79 Å². The molecule has 1 aliphatic rings. The minimum Gasteiger partial charge on any atom is -0.507 e. The van der Waals surface area contributed by atoms with Crippen molar-refractivity contribution in [1.29, 1.82) is 0 Å². The Morgan fingerprint density at radius 3 is 2.31 bits per heavy atom. The van der Waals surface area contributed by atoms with E-state index in [1.165, 1.54) is 0 Å². The monoisotopic (exact) mass is 363 g/mol. The van der Waals surface area contributed by atoms with Crippen molar-refractivity contribution in [2.45, 2.75) is 46.1 Å². The van der Waals surface area contributed by atoms with Crippen molar-refractivity contribution >= 4 is 12.0 Å². The first-order valence-electron chi connectivity index (χ1n) is 8.93. The van der Waals surface area contributed by atoms with Crippen LogP contribution in [0.2, 0.25) is 0 Å². The van der Waals surface area contributed by atoms with Gasteiger partial charge in [-0.05, 0) is 45.2 Å². The van der Waals surface area contributed by atoms with Gasteiger partial charge in [-0.1, -0.05) is 12.2 Å². The molecule has 1 aromatic rings. The number of morpholine rings is 1. The van der Waals surface area contributed by atoms with E-state index in [-0.39, 0.29) is 30.2 Å². The average molecular weight is 363 g/mol. The van der Waals surface area contributed by atoms with E-state index in [0.717, 1.165) is 0 Å². The van der Waals surface area contributed by atoms with E-state index < -0.39 is 5.60 Å². The number of phenols is 2. The number of aliphatic hydroxyl groups is 1. The first-order chi connectivity index (χ1) is 12.1. The fourth-order valence-electron chi connectivity index (χ4n) is 3.02. The summed E-state index contributed by atoms with van der Waals surface area (Å²) < 4.78 is 5.23. The average Bonchev–Trinajstić information content (AvgIpc) is 2.63. The molecule has 0 spiro atoms. The summed E-state index contributed by atoms with van der Waals surface area (Å²) in [6.07, 6.45) is 3.68. The van der Waals surface area contributed by atoms with Crippen LogP contribution in [0.25, 0.3) is 6.08 Å². The second-order valence-corrected chi connectivity index (χ2v) is 7.17. The number of hydrogen-bond acceptors (Lipinski definition) is 5. The summed E-state index contributed by atoms with van der Waals surface area (Å²) in [5, 5.41) is 31.1. The summed E-state index contributed by atoms with van der Waals surface area (Å²) in [5.74, 6) is 0.237. The maximum Gasteiger partial charge on any atom is 0.222 e. The lowest BCUT2D eigenvalue weighted by Gasteiger charge is -2.28. The molecule has 6 nitrogen and oxygen atoms in total. The number of amides is 1. The number of phenolic OH excluding ortho intramolecular Hbond substituents is 2. The number of aromatic hydroxyl groups is 2. The molecule has 1 heterocycles. The third kappa shape index (κ3) is 4.56. The zero-order chi connectivity index (χ0) is 19.5. The van der Waals surface area contributed by atoms with Crippen LogP contribution in [0.1, 0.15) is 42.0 Å². The van der Waals surface area contributed by atoms with Gasteiger partial charge >= 0.3 is 0 Å². The number of carbonyl (C=O) groups excluding carboxylic acids is 1.